The van der Waals surface area contributed by atoms with Gasteiger partial charge < -0.3 is 9.67 Å². The Balaban J connectivity index is 2.12. The van der Waals surface area contributed by atoms with E-state index in [0.29, 0.717) is 22.7 Å². The molecule has 0 amide bonds. The lowest BCUT2D eigenvalue weighted by molar-refractivity contribution is -0.130. The molecule has 1 N–H and O–H groups in total. The van der Waals surface area contributed by atoms with Gasteiger partial charge in [-0.05, 0) is 42.0 Å². The minimum atomic E-state index is -0.937. The summed E-state index contributed by atoms with van der Waals surface area (Å²) in [6, 6.07) is 11.4. The number of halogens is 1. The summed E-state index contributed by atoms with van der Waals surface area (Å²) in [7, 11) is 0. The fourth-order valence-electron chi connectivity index (χ4n) is 2.92. The molecule has 0 saturated heterocycles. The van der Waals surface area contributed by atoms with Gasteiger partial charge >= 0.3 is 5.97 Å². The van der Waals surface area contributed by atoms with E-state index in [1.165, 1.54) is 11.3 Å². The van der Waals surface area contributed by atoms with Gasteiger partial charge in [0.15, 0.2) is 5.16 Å². The topological polar surface area (TPSA) is 55.1 Å². The van der Waals surface area contributed by atoms with Gasteiger partial charge in [0.2, 0.25) is 0 Å². The Kier molecular flexibility index (Phi) is 6.99. The maximum Gasteiger partial charge on any atom is 0.337 e. The molecule has 2 aromatic heterocycles. The maximum absolute atomic E-state index is 12.0. The highest BCUT2D eigenvalue weighted by Crippen LogP contribution is 2.32. The molecule has 0 aliphatic carbocycles. The van der Waals surface area contributed by atoms with Gasteiger partial charge in [-0.2, -0.15) is 0 Å². The summed E-state index contributed by atoms with van der Waals surface area (Å²) in [5.74, 6) is 0.00606. The van der Waals surface area contributed by atoms with E-state index >= 15 is 0 Å². The van der Waals surface area contributed by atoms with Crippen LogP contribution in [0.2, 0.25) is 5.02 Å². The van der Waals surface area contributed by atoms with Crippen molar-refractivity contribution < 1.29 is 9.90 Å². The number of imidazole rings is 1. The molecule has 4 nitrogen and oxygen atoms in total. The molecule has 0 atom stereocenters. The van der Waals surface area contributed by atoms with E-state index in [-0.39, 0.29) is 0 Å². The number of aliphatic carboxylic acids is 1. The van der Waals surface area contributed by atoms with Gasteiger partial charge in [0.25, 0.3) is 0 Å². The van der Waals surface area contributed by atoms with E-state index in [1.54, 1.807) is 18.0 Å². The van der Waals surface area contributed by atoms with Crippen molar-refractivity contribution in [3.05, 3.63) is 69.1 Å². The molecule has 0 bridgehead atoms. The molecule has 28 heavy (non-hydrogen) atoms. The number of carboxylic acids is 1. The fraction of sp³-hybridized carbons (Fsp3) is 0.238. The first-order valence-corrected chi connectivity index (χ1v) is 11.2. The minimum Gasteiger partial charge on any atom is -0.478 e. The number of thiophene rings is 1. The third-order valence-corrected chi connectivity index (χ3v) is 6.73. The third kappa shape index (κ3) is 4.51. The Morgan fingerprint density at radius 3 is 2.71 bits per heavy atom. The van der Waals surface area contributed by atoms with Crippen molar-refractivity contribution in [1.29, 1.82) is 0 Å². The first kappa shape index (κ1) is 20.7. The highest BCUT2D eigenvalue weighted by atomic mass is 35.5. The van der Waals surface area contributed by atoms with Crippen molar-refractivity contribution in [2.45, 2.75) is 32.0 Å². The van der Waals surface area contributed by atoms with Crippen molar-refractivity contribution in [1.82, 2.24) is 9.55 Å². The molecule has 0 aliphatic rings. The van der Waals surface area contributed by atoms with Gasteiger partial charge in [-0.3, -0.25) is 0 Å². The van der Waals surface area contributed by atoms with Crippen LogP contribution < -0.4 is 0 Å². The monoisotopic (exact) mass is 432 g/mol. The number of allylic oxidation sites excluding steroid dienone is 1. The molecule has 7 heteroatoms. The van der Waals surface area contributed by atoms with Gasteiger partial charge in [-0.25, -0.2) is 9.78 Å². The van der Waals surface area contributed by atoms with E-state index in [9.17, 15) is 9.90 Å². The van der Waals surface area contributed by atoms with Crippen molar-refractivity contribution >= 4 is 51.8 Å². The number of rotatable bonds is 8. The van der Waals surface area contributed by atoms with Crippen LogP contribution in [0.25, 0.3) is 11.1 Å². The standard InChI is InChI=1S/C21H21ClN2O2S2/c1-3-10-28-21-23-12-17(24(21)13-15-7-4-5-8-16(15)22)14(2)19(20(25)26)18-9-6-11-27-18/h4-9,11-12H,3,10,13H2,1-2H3,(H,25,26)/b19-14-. The van der Waals surface area contributed by atoms with E-state index in [2.05, 4.69) is 16.5 Å². The first-order chi connectivity index (χ1) is 13.5. The Morgan fingerprint density at radius 1 is 1.29 bits per heavy atom. The summed E-state index contributed by atoms with van der Waals surface area (Å²) >= 11 is 9.47. The molecule has 0 unspecified atom stereocenters. The second kappa shape index (κ2) is 9.45. The largest absolute Gasteiger partial charge is 0.478 e. The van der Waals surface area contributed by atoms with Gasteiger partial charge in [-0.1, -0.05) is 54.6 Å². The summed E-state index contributed by atoms with van der Waals surface area (Å²) in [5, 5.41) is 13.3. The molecule has 0 saturated carbocycles. The predicted octanol–water partition coefficient (Wildman–Crippen LogP) is 6.16. The summed E-state index contributed by atoms with van der Waals surface area (Å²) in [6.45, 7) is 4.51. The van der Waals surface area contributed by atoms with Crippen molar-refractivity contribution in [2.75, 3.05) is 5.75 Å². The maximum atomic E-state index is 12.0. The molecule has 2 heterocycles. The van der Waals surface area contributed by atoms with Crippen LogP contribution in [0.4, 0.5) is 0 Å². The molecule has 3 rings (SSSR count). The van der Waals surface area contributed by atoms with E-state index in [1.807, 2.05) is 48.7 Å². The molecule has 0 radical (unpaired) electrons. The van der Waals surface area contributed by atoms with Crippen LogP contribution in [-0.4, -0.2) is 26.4 Å². The molecule has 0 fully saturated rings. The van der Waals surface area contributed by atoms with E-state index in [0.717, 1.165) is 33.5 Å². The van der Waals surface area contributed by atoms with E-state index < -0.39 is 5.97 Å². The average Bonchev–Trinajstić information content (AvgIpc) is 3.32. The Labute approximate surface area is 177 Å². The minimum absolute atomic E-state index is 0.308. The molecule has 146 valence electrons. The quantitative estimate of drug-likeness (QED) is 0.342. The summed E-state index contributed by atoms with van der Waals surface area (Å²) in [4.78, 5) is 17.3. The molecule has 0 spiro atoms. The third-order valence-electron chi connectivity index (χ3n) is 4.28. The van der Waals surface area contributed by atoms with Gasteiger partial charge in [0, 0.05) is 15.7 Å². The Hall–Kier alpha value is -2.02. The Bertz CT molecular complexity index is 994. The zero-order valence-electron chi connectivity index (χ0n) is 15.7. The lowest BCUT2D eigenvalue weighted by Gasteiger charge is -2.15. The van der Waals surface area contributed by atoms with Crippen LogP contribution in [0.5, 0.6) is 0 Å². The highest BCUT2D eigenvalue weighted by Gasteiger charge is 2.21. The average molecular weight is 433 g/mol. The molecular formula is C21H21ClN2O2S2. The number of carboxylic acid groups (broad SMARTS) is 1. The zero-order valence-corrected chi connectivity index (χ0v) is 18.1. The summed E-state index contributed by atoms with van der Waals surface area (Å²) < 4.78 is 2.06. The summed E-state index contributed by atoms with van der Waals surface area (Å²) in [5.41, 5.74) is 2.77. The molecule has 3 aromatic rings. The molecular weight excluding hydrogens is 412 g/mol. The van der Waals surface area contributed by atoms with Crippen LogP contribution in [-0.2, 0) is 11.3 Å². The van der Waals surface area contributed by atoms with Crippen LogP contribution in [0.15, 0.2) is 53.1 Å². The van der Waals surface area contributed by atoms with Crippen LogP contribution >= 0.6 is 34.7 Å². The number of nitrogens with zero attached hydrogens (tertiary/aromatic N) is 2. The van der Waals surface area contributed by atoms with Gasteiger partial charge in [0.1, 0.15) is 0 Å². The van der Waals surface area contributed by atoms with Crippen LogP contribution in [0.1, 0.15) is 36.4 Å². The zero-order chi connectivity index (χ0) is 20.1. The smallest absolute Gasteiger partial charge is 0.337 e. The molecule has 1 aromatic carbocycles. The molecule has 0 aliphatic heterocycles. The SMILES string of the molecule is CCCSc1ncc(/C(C)=C(\C(=O)O)c2cccs2)n1Cc1ccccc1Cl. The highest BCUT2D eigenvalue weighted by molar-refractivity contribution is 7.99. The van der Waals surface area contributed by atoms with Gasteiger partial charge in [-0.15, -0.1) is 11.3 Å². The normalized spacial score (nSPS) is 12.1. The number of hydrogen-bond acceptors (Lipinski definition) is 4. The lowest BCUT2D eigenvalue weighted by Crippen LogP contribution is -2.08. The van der Waals surface area contributed by atoms with Crippen molar-refractivity contribution in [3.8, 4) is 0 Å². The fourth-order valence-corrected chi connectivity index (χ4v) is 4.76. The predicted molar refractivity (Wildman–Crippen MR) is 118 cm³/mol. The number of thioether (sulfide) groups is 1. The lowest BCUT2D eigenvalue weighted by atomic mass is 10.1. The summed E-state index contributed by atoms with van der Waals surface area (Å²) in [6.07, 6.45) is 2.80. The van der Waals surface area contributed by atoms with Gasteiger partial charge in [0.05, 0.1) is 24.0 Å². The van der Waals surface area contributed by atoms with Crippen LogP contribution in [0, 0.1) is 0 Å². The van der Waals surface area contributed by atoms with Crippen LogP contribution in [0.3, 0.4) is 0 Å². The number of carbonyl (C=O) groups is 1. The second-order valence-corrected chi connectivity index (χ2v) is 8.65. The first-order valence-electron chi connectivity index (χ1n) is 8.93. The number of hydrogen-bond donors (Lipinski definition) is 1. The van der Waals surface area contributed by atoms with Crippen molar-refractivity contribution in [2.24, 2.45) is 0 Å². The second-order valence-electron chi connectivity index (χ2n) is 6.23. The van der Waals surface area contributed by atoms with Crippen molar-refractivity contribution in [3.63, 3.8) is 0 Å². The number of benzene rings is 1. The van der Waals surface area contributed by atoms with E-state index in [4.69, 9.17) is 11.6 Å². The number of aromatic nitrogens is 2. The Morgan fingerprint density at radius 2 is 2.07 bits per heavy atom.